The van der Waals surface area contributed by atoms with Crippen LogP contribution in [0.3, 0.4) is 0 Å². The molecular formula is C12H12BNO3. The number of hydrogen-bond acceptors (Lipinski definition) is 3. The molecule has 1 N–H and O–H groups in total. The number of amides is 1. The SMILES string of the molecule is [B]c1cccc(CC(=O)NC2CCOC2=O)c1. The van der Waals surface area contributed by atoms with Crippen LogP contribution in [0, 0.1) is 0 Å². The predicted octanol–water partition coefficient (Wildman–Crippen LogP) is -0.545. The van der Waals surface area contributed by atoms with Gasteiger partial charge in [-0.25, -0.2) is 4.79 Å². The van der Waals surface area contributed by atoms with Crippen molar-refractivity contribution in [2.75, 3.05) is 6.61 Å². The maximum Gasteiger partial charge on any atom is 0.328 e. The summed E-state index contributed by atoms with van der Waals surface area (Å²) in [6.07, 6.45) is 0.760. The minimum absolute atomic E-state index is 0.195. The van der Waals surface area contributed by atoms with E-state index in [4.69, 9.17) is 12.6 Å². The van der Waals surface area contributed by atoms with E-state index in [2.05, 4.69) is 5.32 Å². The summed E-state index contributed by atoms with van der Waals surface area (Å²) in [6.45, 7) is 0.377. The Bertz CT molecular complexity index is 447. The van der Waals surface area contributed by atoms with Crippen molar-refractivity contribution < 1.29 is 14.3 Å². The van der Waals surface area contributed by atoms with Crippen LogP contribution in [0.25, 0.3) is 0 Å². The lowest BCUT2D eigenvalue weighted by Gasteiger charge is -2.09. The second-order valence-electron chi connectivity index (χ2n) is 4.00. The molecule has 1 amide bonds. The van der Waals surface area contributed by atoms with Gasteiger partial charge in [-0.1, -0.05) is 29.7 Å². The zero-order valence-electron chi connectivity index (χ0n) is 9.31. The van der Waals surface area contributed by atoms with Gasteiger partial charge in [0, 0.05) is 6.42 Å². The number of carbonyl (C=O) groups excluding carboxylic acids is 2. The summed E-state index contributed by atoms with van der Waals surface area (Å²) in [5.41, 5.74) is 1.45. The maximum atomic E-state index is 11.7. The smallest absolute Gasteiger partial charge is 0.328 e. The van der Waals surface area contributed by atoms with E-state index in [1.807, 2.05) is 6.07 Å². The highest BCUT2D eigenvalue weighted by molar-refractivity contribution is 6.32. The first kappa shape index (κ1) is 11.7. The van der Waals surface area contributed by atoms with Crippen LogP contribution in [0.5, 0.6) is 0 Å². The molecule has 1 saturated heterocycles. The Kier molecular flexibility index (Phi) is 3.47. The van der Waals surface area contributed by atoms with Crippen LogP contribution >= 0.6 is 0 Å². The first-order chi connectivity index (χ1) is 8.15. The average molecular weight is 229 g/mol. The molecule has 0 aromatic heterocycles. The van der Waals surface area contributed by atoms with Gasteiger partial charge >= 0.3 is 5.97 Å². The standard InChI is InChI=1S/C12H12BNO3/c13-9-3-1-2-8(6-9)7-11(15)14-10-4-5-17-12(10)16/h1-3,6,10H,4-5,7H2,(H,14,15). The molecular weight excluding hydrogens is 217 g/mol. The van der Waals surface area contributed by atoms with E-state index in [0.717, 1.165) is 5.56 Å². The zero-order valence-corrected chi connectivity index (χ0v) is 9.31. The highest BCUT2D eigenvalue weighted by atomic mass is 16.5. The van der Waals surface area contributed by atoms with Crippen molar-refractivity contribution >= 4 is 25.2 Å². The molecule has 5 heteroatoms. The number of nitrogens with one attached hydrogen (secondary N) is 1. The molecule has 0 saturated carbocycles. The third kappa shape index (κ3) is 3.09. The predicted molar refractivity (Wildman–Crippen MR) is 63.0 cm³/mol. The Morgan fingerprint density at radius 1 is 1.53 bits per heavy atom. The van der Waals surface area contributed by atoms with Crippen molar-refractivity contribution in [1.82, 2.24) is 5.32 Å². The molecule has 1 aromatic rings. The second-order valence-corrected chi connectivity index (χ2v) is 4.00. The number of benzene rings is 1. The second kappa shape index (κ2) is 5.04. The van der Waals surface area contributed by atoms with Crippen molar-refractivity contribution in [3.63, 3.8) is 0 Å². The van der Waals surface area contributed by atoms with Crippen LogP contribution in [0.4, 0.5) is 0 Å². The van der Waals surface area contributed by atoms with E-state index in [0.29, 0.717) is 18.5 Å². The molecule has 1 aromatic carbocycles. The summed E-state index contributed by atoms with van der Waals surface area (Å²) >= 11 is 0. The van der Waals surface area contributed by atoms with E-state index >= 15 is 0 Å². The largest absolute Gasteiger partial charge is 0.464 e. The Hall–Kier alpha value is -1.78. The molecule has 1 aliphatic rings. The monoisotopic (exact) mass is 229 g/mol. The lowest BCUT2D eigenvalue weighted by Crippen LogP contribution is -2.38. The molecule has 2 rings (SSSR count). The number of carbonyl (C=O) groups is 2. The fourth-order valence-corrected chi connectivity index (χ4v) is 1.76. The number of hydrogen-bond donors (Lipinski definition) is 1. The summed E-state index contributed by atoms with van der Waals surface area (Å²) in [5, 5.41) is 2.64. The topological polar surface area (TPSA) is 55.4 Å². The first-order valence-corrected chi connectivity index (χ1v) is 5.45. The van der Waals surface area contributed by atoms with Crippen LogP contribution in [-0.2, 0) is 20.7 Å². The average Bonchev–Trinajstić information content (AvgIpc) is 2.64. The molecule has 17 heavy (non-hydrogen) atoms. The normalized spacial score (nSPS) is 18.8. The fraction of sp³-hybridized carbons (Fsp3) is 0.333. The summed E-state index contributed by atoms with van der Waals surface area (Å²) in [7, 11) is 5.61. The molecule has 1 fully saturated rings. The van der Waals surface area contributed by atoms with Crippen LogP contribution < -0.4 is 10.8 Å². The lowest BCUT2D eigenvalue weighted by atomic mass is 9.93. The van der Waals surface area contributed by atoms with Crippen molar-refractivity contribution in [2.45, 2.75) is 18.9 Å². The van der Waals surface area contributed by atoms with E-state index in [9.17, 15) is 9.59 Å². The Morgan fingerprint density at radius 3 is 3.00 bits per heavy atom. The summed E-state index contributed by atoms with van der Waals surface area (Å²) in [5.74, 6) is -0.551. The van der Waals surface area contributed by atoms with E-state index in [-0.39, 0.29) is 18.3 Å². The lowest BCUT2D eigenvalue weighted by molar-refractivity contribution is -0.141. The van der Waals surface area contributed by atoms with E-state index in [1.165, 1.54) is 0 Å². The van der Waals surface area contributed by atoms with Gasteiger partial charge in [0.2, 0.25) is 5.91 Å². The van der Waals surface area contributed by atoms with Gasteiger partial charge in [0.05, 0.1) is 13.0 Å². The van der Waals surface area contributed by atoms with Gasteiger partial charge in [0.15, 0.2) is 0 Å². The van der Waals surface area contributed by atoms with Crippen molar-refractivity contribution in [3.05, 3.63) is 29.8 Å². The number of esters is 1. The number of ether oxygens (including phenoxy) is 1. The third-order valence-electron chi connectivity index (χ3n) is 2.59. The Balaban J connectivity index is 1.91. The molecule has 2 radical (unpaired) electrons. The quantitative estimate of drug-likeness (QED) is 0.559. The Labute approximate surface area is 101 Å². The molecule has 1 aliphatic heterocycles. The molecule has 4 nitrogen and oxygen atoms in total. The minimum atomic E-state index is -0.497. The van der Waals surface area contributed by atoms with Gasteiger partial charge in [-0.3, -0.25) is 4.79 Å². The summed E-state index contributed by atoms with van der Waals surface area (Å²) < 4.78 is 4.76. The summed E-state index contributed by atoms with van der Waals surface area (Å²) in [6, 6.07) is 6.62. The van der Waals surface area contributed by atoms with Crippen LogP contribution in [0.1, 0.15) is 12.0 Å². The molecule has 1 atom stereocenters. The van der Waals surface area contributed by atoms with Crippen molar-refractivity contribution in [2.24, 2.45) is 0 Å². The molecule has 1 heterocycles. The maximum absolute atomic E-state index is 11.7. The third-order valence-corrected chi connectivity index (χ3v) is 2.59. The van der Waals surface area contributed by atoms with E-state index in [1.54, 1.807) is 18.2 Å². The zero-order chi connectivity index (χ0) is 12.3. The van der Waals surface area contributed by atoms with Gasteiger partial charge in [-0.05, 0) is 5.56 Å². The molecule has 1 unspecified atom stereocenters. The van der Waals surface area contributed by atoms with Gasteiger partial charge in [0.1, 0.15) is 13.9 Å². The Morgan fingerprint density at radius 2 is 2.35 bits per heavy atom. The highest BCUT2D eigenvalue weighted by Gasteiger charge is 2.27. The van der Waals surface area contributed by atoms with Crippen molar-refractivity contribution in [3.8, 4) is 0 Å². The van der Waals surface area contributed by atoms with E-state index < -0.39 is 6.04 Å². The number of cyclic esters (lactones) is 1. The summed E-state index contributed by atoms with van der Waals surface area (Å²) in [4.78, 5) is 22.8. The van der Waals surface area contributed by atoms with Crippen LogP contribution in [-0.4, -0.2) is 32.4 Å². The van der Waals surface area contributed by atoms with Crippen LogP contribution in [0.2, 0.25) is 0 Å². The molecule has 86 valence electrons. The minimum Gasteiger partial charge on any atom is -0.464 e. The molecule has 0 spiro atoms. The van der Waals surface area contributed by atoms with Gasteiger partial charge in [0.25, 0.3) is 0 Å². The van der Waals surface area contributed by atoms with Gasteiger partial charge in [-0.15, -0.1) is 0 Å². The fourth-order valence-electron chi connectivity index (χ4n) is 1.76. The highest BCUT2D eigenvalue weighted by Crippen LogP contribution is 2.06. The first-order valence-electron chi connectivity index (χ1n) is 5.45. The van der Waals surface area contributed by atoms with Gasteiger partial charge < -0.3 is 10.1 Å². The van der Waals surface area contributed by atoms with Gasteiger partial charge in [-0.2, -0.15) is 0 Å². The van der Waals surface area contributed by atoms with Crippen LogP contribution in [0.15, 0.2) is 24.3 Å². The van der Waals surface area contributed by atoms with Crippen molar-refractivity contribution in [1.29, 1.82) is 0 Å². The molecule has 0 aliphatic carbocycles. The number of rotatable bonds is 3. The molecule has 0 bridgehead atoms.